The molecule has 4 heteroatoms. The number of nitrogens with two attached hydrogens (primary N) is 1. The van der Waals surface area contributed by atoms with Gasteiger partial charge in [-0.3, -0.25) is 0 Å². The second kappa shape index (κ2) is 9.57. The number of aryl methyl sites for hydroxylation is 1. The van der Waals surface area contributed by atoms with E-state index in [0.29, 0.717) is 0 Å². The Hall–Kier alpha value is -0.450. The van der Waals surface area contributed by atoms with Crippen molar-refractivity contribution in [2.75, 3.05) is 19.6 Å². The molecule has 1 heterocycles. The summed E-state index contributed by atoms with van der Waals surface area (Å²) in [5.41, 5.74) is 6.67. The summed E-state index contributed by atoms with van der Waals surface area (Å²) in [4.78, 5) is 4.45. The SMILES string of the molecule is Cc1nc(CCNCCCCCCCN)cs1. The Kier molecular flexibility index (Phi) is 8.22. The van der Waals surface area contributed by atoms with Gasteiger partial charge in [0.2, 0.25) is 0 Å². The topological polar surface area (TPSA) is 50.9 Å². The molecule has 1 aromatic heterocycles. The van der Waals surface area contributed by atoms with Gasteiger partial charge in [0, 0.05) is 18.3 Å². The van der Waals surface area contributed by atoms with Gasteiger partial charge in [0.15, 0.2) is 0 Å². The van der Waals surface area contributed by atoms with Crippen LogP contribution in [0.4, 0.5) is 0 Å². The van der Waals surface area contributed by atoms with Gasteiger partial charge in [-0.1, -0.05) is 19.3 Å². The summed E-state index contributed by atoms with van der Waals surface area (Å²) < 4.78 is 0. The van der Waals surface area contributed by atoms with Crippen LogP contribution in [0.2, 0.25) is 0 Å². The molecule has 0 aliphatic heterocycles. The molecule has 1 aromatic rings. The average molecular weight is 255 g/mol. The second-order valence-electron chi connectivity index (χ2n) is 4.41. The molecule has 1 rings (SSSR count). The van der Waals surface area contributed by atoms with E-state index in [2.05, 4.69) is 22.6 Å². The van der Waals surface area contributed by atoms with Crippen molar-refractivity contribution in [3.63, 3.8) is 0 Å². The van der Waals surface area contributed by atoms with E-state index in [1.807, 2.05) is 0 Å². The van der Waals surface area contributed by atoms with Crippen LogP contribution in [-0.2, 0) is 6.42 Å². The Balaban J connectivity index is 1.84. The van der Waals surface area contributed by atoms with Gasteiger partial charge in [0.25, 0.3) is 0 Å². The fraction of sp³-hybridized carbons (Fsp3) is 0.769. The molecule has 0 atom stereocenters. The van der Waals surface area contributed by atoms with E-state index in [0.717, 1.165) is 26.1 Å². The van der Waals surface area contributed by atoms with Gasteiger partial charge in [-0.15, -0.1) is 11.3 Å². The third kappa shape index (κ3) is 7.47. The van der Waals surface area contributed by atoms with Crippen molar-refractivity contribution < 1.29 is 0 Å². The zero-order valence-corrected chi connectivity index (χ0v) is 11.7. The molecule has 0 bridgehead atoms. The second-order valence-corrected chi connectivity index (χ2v) is 5.48. The number of nitrogens with zero attached hydrogens (tertiary/aromatic N) is 1. The number of hydrogen-bond acceptors (Lipinski definition) is 4. The van der Waals surface area contributed by atoms with Gasteiger partial charge < -0.3 is 11.1 Å². The Bertz CT molecular complexity index is 286. The van der Waals surface area contributed by atoms with E-state index in [1.54, 1.807) is 11.3 Å². The standard InChI is InChI=1S/C13H25N3S/c1-12-16-13(11-17-12)7-10-15-9-6-4-2-3-5-8-14/h11,15H,2-10,14H2,1H3. The minimum Gasteiger partial charge on any atom is -0.330 e. The van der Waals surface area contributed by atoms with Crippen LogP contribution in [0.1, 0.15) is 42.8 Å². The van der Waals surface area contributed by atoms with Crippen molar-refractivity contribution in [2.24, 2.45) is 5.73 Å². The minimum absolute atomic E-state index is 0.839. The van der Waals surface area contributed by atoms with Gasteiger partial charge in [0.05, 0.1) is 10.7 Å². The summed E-state index contributed by atoms with van der Waals surface area (Å²) >= 11 is 1.73. The zero-order valence-electron chi connectivity index (χ0n) is 10.9. The minimum atomic E-state index is 0.839. The number of hydrogen-bond donors (Lipinski definition) is 2. The quantitative estimate of drug-likeness (QED) is 0.632. The summed E-state index contributed by atoms with van der Waals surface area (Å²) in [6.07, 6.45) is 7.44. The van der Waals surface area contributed by atoms with Crippen molar-refractivity contribution in [3.05, 3.63) is 16.1 Å². The lowest BCUT2D eigenvalue weighted by Gasteiger charge is -2.03. The van der Waals surface area contributed by atoms with Crippen LogP contribution in [0.3, 0.4) is 0 Å². The van der Waals surface area contributed by atoms with Crippen LogP contribution in [0.5, 0.6) is 0 Å². The predicted molar refractivity (Wildman–Crippen MR) is 75.6 cm³/mol. The smallest absolute Gasteiger partial charge is 0.0897 e. The Morgan fingerprint density at radius 2 is 1.94 bits per heavy atom. The lowest BCUT2D eigenvalue weighted by atomic mass is 10.1. The third-order valence-corrected chi connectivity index (χ3v) is 3.60. The lowest BCUT2D eigenvalue weighted by molar-refractivity contribution is 0.577. The molecule has 0 spiro atoms. The van der Waals surface area contributed by atoms with Gasteiger partial charge in [-0.25, -0.2) is 4.98 Å². The molecule has 0 saturated carbocycles. The highest BCUT2D eigenvalue weighted by Crippen LogP contribution is 2.07. The molecule has 0 amide bonds. The summed E-state index contributed by atoms with van der Waals surface area (Å²) in [7, 11) is 0. The van der Waals surface area contributed by atoms with E-state index in [4.69, 9.17) is 5.73 Å². The van der Waals surface area contributed by atoms with Gasteiger partial charge in [0.1, 0.15) is 0 Å². The molecule has 0 aliphatic rings. The van der Waals surface area contributed by atoms with Crippen molar-refractivity contribution in [2.45, 2.75) is 45.4 Å². The fourth-order valence-electron chi connectivity index (χ4n) is 1.79. The van der Waals surface area contributed by atoms with E-state index in [9.17, 15) is 0 Å². The van der Waals surface area contributed by atoms with Gasteiger partial charge >= 0.3 is 0 Å². The summed E-state index contributed by atoms with van der Waals surface area (Å²) in [5, 5.41) is 6.80. The molecule has 0 aromatic carbocycles. The first-order chi connectivity index (χ1) is 8.33. The van der Waals surface area contributed by atoms with E-state index < -0.39 is 0 Å². The fourth-order valence-corrected chi connectivity index (χ4v) is 2.44. The van der Waals surface area contributed by atoms with Crippen molar-refractivity contribution in [3.8, 4) is 0 Å². The molecular weight excluding hydrogens is 230 g/mol. The van der Waals surface area contributed by atoms with Crippen molar-refractivity contribution in [1.29, 1.82) is 0 Å². The molecule has 0 aliphatic carbocycles. The first-order valence-corrected chi connectivity index (χ1v) is 7.52. The van der Waals surface area contributed by atoms with Crippen LogP contribution in [-0.4, -0.2) is 24.6 Å². The van der Waals surface area contributed by atoms with E-state index in [1.165, 1.54) is 42.8 Å². The Labute approximate surface area is 109 Å². The summed E-state index contributed by atoms with van der Waals surface area (Å²) in [6, 6.07) is 0. The molecule has 17 heavy (non-hydrogen) atoms. The number of unbranched alkanes of at least 4 members (excludes halogenated alkanes) is 4. The third-order valence-electron chi connectivity index (χ3n) is 2.78. The normalized spacial score (nSPS) is 10.9. The molecule has 0 fully saturated rings. The van der Waals surface area contributed by atoms with Crippen LogP contribution >= 0.6 is 11.3 Å². The molecule has 3 N–H and O–H groups in total. The maximum atomic E-state index is 5.45. The lowest BCUT2D eigenvalue weighted by Crippen LogP contribution is -2.18. The highest BCUT2D eigenvalue weighted by atomic mass is 32.1. The Morgan fingerprint density at radius 3 is 2.65 bits per heavy atom. The first kappa shape index (κ1) is 14.6. The summed E-state index contributed by atoms with van der Waals surface area (Å²) in [5.74, 6) is 0. The Morgan fingerprint density at radius 1 is 1.18 bits per heavy atom. The largest absolute Gasteiger partial charge is 0.330 e. The number of rotatable bonds is 10. The molecule has 3 nitrogen and oxygen atoms in total. The van der Waals surface area contributed by atoms with Crippen molar-refractivity contribution in [1.82, 2.24) is 10.3 Å². The van der Waals surface area contributed by atoms with Crippen LogP contribution < -0.4 is 11.1 Å². The van der Waals surface area contributed by atoms with Crippen LogP contribution in [0.25, 0.3) is 0 Å². The van der Waals surface area contributed by atoms with E-state index >= 15 is 0 Å². The highest BCUT2D eigenvalue weighted by Gasteiger charge is 1.97. The van der Waals surface area contributed by atoms with Gasteiger partial charge in [-0.05, 0) is 32.9 Å². The number of thiazole rings is 1. The number of aromatic nitrogens is 1. The maximum absolute atomic E-state index is 5.45. The zero-order chi connectivity index (χ0) is 12.3. The molecule has 0 unspecified atom stereocenters. The monoisotopic (exact) mass is 255 g/mol. The van der Waals surface area contributed by atoms with E-state index in [-0.39, 0.29) is 0 Å². The van der Waals surface area contributed by atoms with Crippen molar-refractivity contribution >= 4 is 11.3 Å². The molecule has 0 saturated heterocycles. The van der Waals surface area contributed by atoms with Crippen LogP contribution in [0, 0.1) is 6.92 Å². The highest BCUT2D eigenvalue weighted by molar-refractivity contribution is 7.09. The predicted octanol–water partition coefficient (Wildman–Crippen LogP) is 2.49. The van der Waals surface area contributed by atoms with Crippen LogP contribution in [0.15, 0.2) is 5.38 Å². The van der Waals surface area contributed by atoms with Gasteiger partial charge in [-0.2, -0.15) is 0 Å². The molecule has 0 radical (unpaired) electrons. The summed E-state index contributed by atoms with van der Waals surface area (Å²) in [6.45, 7) is 5.08. The molecular formula is C13H25N3S. The molecule has 98 valence electrons. The maximum Gasteiger partial charge on any atom is 0.0897 e. The first-order valence-electron chi connectivity index (χ1n) is 6.64. The average Bonchev–Trinajstić information content (AvgIpc) is 2.73. The number of nitrogens with one attached hydrogen (secondary N) is 1.